The van der Waals surface area contributed by atoms with Gasteiger partial charge in [0.05, 0.1) is 0 Å². The Morgan fingerprint density at radius 1 is 1.42 bits per heavy atom. The molecule has 1 saturated carbocycles. The van der Waals surface area contributed by atoms with Crippen LogP contribution < -0.4 is 0 Å². The molecule has 0 radical (unpaired) electrons. The van der Waals surface area contributed by atoms with Crippen LogP contribution in [0.1, 0.15) is 59.8 Å². The summed E-state index contributed by atoms with van der Waals surface area (Å²) in [5, 5.41) is 0. The normalized spacial score (nSPS) is 36.5. The SMILES string of the molecule is CCCCC1(C)CC1C(C)CC. The van der Waals surface area contributed by atoms with Gasteiger partial charge < -0.3 is 0 Å². The Balaban J connectivity index is 2.27. The predicted octanol–water partition coefficient (Wildman–Crippen LogP) is 4.25. The number of hydrogen-bond donors (Lipinski definition) is 0. The lowest BCUT2D eigenvalue weighted by atomic mass is 9.92. The van der Waals surface area contributed by atoms with E-state index < -0.39 is 0 Å². The van der Waals surface area contributed by atoms with Gasteiger partial charge in [-0.15, -0.1) is 0 Å². The summed E-state index contributed by atoms with van der Waals surface area (Å²) in [5.41, 5.74) is 0.742. The molecular weight excluding hydrogens is 144 g/mol. The van der Waals surface area contributed by atoms with Crippen molar-refractivity contribution in [1.29, 1.82) is 0 Å². The van der Waals surface area contributed by atoms with Crippen molar-refractivity contribution in [2.75, 3.05) is 0 Å². The summed E-state index contributed by atoms with van der Waals surface area (Å²) in [6, 6.07) is 0. The topological polar surface area (TPSA) is 0 Å². The summed E-state index contributed by atoms with van der Waals surface area (Å²) in [5.74, 6) is 2.01. The molecule has 0 amide bonds. The standard InChI is InChI=1S/C12H24/c1-5-7-8-12(4)9-11(12)10(3)6-2/h10-11H,5-9H2,1-4H3. The first-order chi connectivity index (χ1) is 5.64. The number of rotatable bonds is 5. The zero-order valence-electron chi connectivity index (χ0n) is 9.19. The molecule has 0 heteroatoms. The fourth-order valence-electron chi connectivity index (χ4n) is 2.48. The average Bonchev–Trinajstić information content (AvgIpc) is 2.74. The minimum absolute atomic E-state index is 0.742. The molecule has 72 valence electrons. The Hall–Kier alpha value is 0. The molecule has 0 aliphatic heterocycles. The molecule has 1 fully saturated rings. The van der Waals surface area contributed by atoms with E-state index in [1.54, 1.807) is 0 Å². The van der Waals surface area contributed by atoms with Crippen LogP contribution >= 0.6 is 0 Å². The first kappa shape index (κ1) is 10.1. The summed E-state index contributed by atoms with van der Waals surface area (Å²) in [7, 11) is 0. The fourth-order valence-corrected chi connectivity index (χ4v) is 2.48. The maximum atomic E-state index is 2.49. The van der Waals surface area contributed by atoms with Gasteiger partial charge in [0.25, 0.3) is 0 Å². The van der Waals surface area contributed by atoms with E-state index in [1.807, 2.05) is 0 Å². The van der Waals surface area contributed by atoms with Crippen molar-refractivity contribution >= 4 is 0 Å². The molecule has 0 bridgehead atoms. The Morgan fingerprint density at radius 3 is 2.58 bits per heavy atom. The molecule has 0 spiro atoms. The third-order valence-corrected chi connectivity index (χ3v) is 3.85. The highest BCUT2D eigenvalue weighted by Gasteiger charge is 2.50. The van der Waals surface area contributed by atoms with E-state index in [4.69, 9.17) is 0 Å². The van der Waals surface area contributed by atoms with Crippen LogP contribution in [0.4, 0.5) is 0 Å². The average molecular weight is 168 g/mol. The van der Waals surface area contributed by atoms with Crippen molar-refractivity contribution in [3.05, 3.63) is 0 Å². The van der Waals surface area contributed by atoms with Gasteiger partial charge in [0.1, 0.15) is 0 Å². The van der Waals surface area contributed by atoms with Crippen LogP contribution in [0.3, 0.4) is 0 Å². The van der Waals surface area contributed by atoms with Crippen LogP contribution in [0.15, 0.2) is 0 Å². The van der Waals surface area contributed by atoms with Gasteiger partial charge in [-0.25, -0.2) is 0 Å². The molecule has 0 nitrogen and oxygen atoms in total. The van der Waals surface area contributed by atoms with E-state index in [0.717, 1.165) is 17.3 Å². The van der Waals surface area contributed by atoms with Crippen molar-refractivity contribution in [1.82, 2.24) is 0 Å². The lowest BCUT2D eigenvalue weighted by molar-refractivity contribution is 0.364. The van der Waals surface area contributed by atoms with E-state index in [-0.39, 0.29) is 0 Å². The Kier molecular flexibility index (Phi) is 3.20. The van der Waals surface area contributed by atoms with Crippen LogP contribution in [-0.2, 0) is 0 Å². The van der Waals surface area contributed by atoms with Crippen molar-refractivity contribution in [3.63, 3.8) is 0 Å². The molecule has 0 aromatic heterocycles. The van der Waals surface area contributed by atoms with Crippen LogP contribution in [0.5, 0.6) is 0 Å². The summed E-state index contributed by atoms with van der Waals surface area (Å²) in [4.78, 5) is 0. The van der Waals surface area contributed by atoms with E-state index in [9.17, 15) is 0 Å². The molecule has 1 aliphatic carbocycles. The van der Waals surface area contributed by atoms with Crippen LogP contribution in [0.2, 0.25) is 0 Å². The third kappa shape index (κ3) is 2.02. The second kappa shape index (κ2) is 3.81. The first-order valence-corrected chi connectivity index (χ1v) is 5.64. The monoisotopic (exact) mass is 168 g/mol. The van der Waals surface area contributed by atoms with Crippen molar-refractivity contribution in [2.24, 2.45) is 17.3 Å². The van der Waals surface area contributed by atoms with Crippen LogP contribution in [0, 0.1) is 17.3 Å². The van der Waals surface area contributed by atoms with Crippen molar-refractivity contribution in [3.8, 4) is 0 Å². The second-order valence-corrected chi connectivity index (χ2v) is 4.95. The van der Waals surface area contributed by atoms with Crippen molar-refractivity contribution in [2.45, 2.75) is 59.8 Å². The number of unbranched alkanes of at least 4 members (excludes halogenated alkanes) is 1. The molecule has 0 N–H and O–H groups in total. The van der Waals surface area contributed by atoms with E-state index in [1.165, 1.54) is 32.1 Å². The van der Waals surface area contributed by atoms with Gasteiger partial charge in [-0.05, 0) is 30.1 Å². The fraction of sp³-hybridized carbons (Fsp3) is 1.00. The maximum absolute atomic E-state index is 2.49. The Bertz CT molecular complexity index is 139. The van der Waals surface area contributed by atoms with Crippen LogP contribution in [-0.4, -0.2) is 0 Å². The Morgan fingerprint density at radius 2 is 2.08 bits per heavy atom. The molecule has 0 aromatic rings. The summed E-state index contributed by atoms with van der Waals surface area (Å²) in [6.07, 6.45) is 7.14. The molecule has 1 rings (SSSR count). The molecule has 3 unspecified atom stereocenters. The quantitative estimate of drug-likeness (QED) is 0.575. The largest absolute Gasteiger partial charge is 0.0654 e. The van der Waals surface area contributed by atoms with Gasteiger partial charge in [0.15, 0.2) is 0 Å². The highest BCUT2D eigenvalue weighted by Crippen LogP contribution is 2.59. The lowest BCUT2D eigenvalue weighted by Crippen LogP contribution is -2.04. The van der Waals surface area contributed by atoms with Gasteiger partial charge in [-0.3, -0.25) is 0 Å². The number of hydrogen-bond acceptors (Lipinski definition) is 0. The first-order valence-electron chi connectivity index (χ1n) is 5.64. The zero-order chi connectivity index (χ0) is 9.19. The highest BCUT2D eigenvalue weighted by atomic mass is 14.6. The third-order valence-electron chi connectivity index (χ3n) is 3.85. The maximum Gasteiger partial charge on any atom is -0.0292 e. The molecule has 3 atom stereocenters. The predicted molar refractivity (Wildman–Crippen MR) is 55.2 cm³/mol. The van der Waals surface area contributed by atoms with Gasteiger partial charge in [0.2, 0.25) is 0 Å². The zero-order valence-corrected chi connectivity index (χ0v) is 9.19. The van der Waals surface area contributed by atoms with Crippen LogP contribution in [0.25, 0.3) is 0 Å². The van der Waals surface area contributed by atoms with Gasteiger partial charge in [-0.1, -0.05) is 47.0 Å². The summed E-state index contributed by atoms with van der Waals surface area (Å²) in [6.45, 7) is 9.52. The molecule has 12 heavy (non-hydrogen) atoms. The summed E-state index contributed by atoms with van der Waals surface area (Å²) >= 11 is 0. The highest BCUT2D eigenvalue weighted by molar-refractivity contribution is 5.00. The van der Waals surface area contributed by atoms with Gasteiger partial charge in [-0.2, -0.15) is 0 Å². The Labute approximate surface area is 77.7 Å². The molecular formula is C12H24. The van der Waals surface area contributed by atoms with Gasteiger partial charge in [0, 0.05) is 0 Å². The molecule has 0 aromatic carbocycles. The smallest absolute Gasteiger partial charge is 0.0292 e. The summed E-state index contributed by atoms with van der Waals surface area (Å²) < 4.78 is 0. The van der Waals surface area contributed by atoms with Crippen molar-refractivity contribution < 1.29 is 0 Å². The second-order valence-electron chi connectivity index (χ2n) is 4.95. The van der Waals surface area contributed by atoms with Gasteiger partial charge >= 0.3 is 0 Å². The molecule has 1 aliphatic rings. The van der Waals surface area contributed by atoms with E-state index in [0.29, 0.717) is 0 Å². The van der Waals surface area contributed by atoms with E-state index in [2.05, 4.69) is 27.7 Å². The minimum Gasteiger partial charge on any atom is -0.0654 e. The lowest BCUT2D eigenvalue weighted by Gasteiger charge is -2.14. The molecule has 0 heterocycles. The van der Waals surface area contributed by atoms with E-state index >= 15 is 0 Å². The molecule has 0 saturated heterocycles. The minimum atomic E-state index is 0.742.